The van der Waals surface area contributed by atoms with Crippen molar-refractivity contribution in [3.05, 3.63) is 70.2 Å². The van der Waals surface area contributed by atoms with Crippen LogP contribution in [-0.4, -0.2) is 19.0 Å². The fraction of sp³-hybridized carbons (Fsp3) is 0.176. The minimum absolute atomic E-state index is 0.247. The Hall–Kier alpha value is -2.33. The summed E-state index contributed by atoms with van der Waals surface area (Å²) in [6, 6.07) is 13.5. The van der Waals surface area contributed by atoms with E-state index in [1.54, 1.807) is 24.3 Å². The summed E-state index contributed by atoms with van der Waals surface area (Å²) in [7, 11) is 1.30. The third kappa shape index (κ3) is 3.65. The lowest BCUT2D eigenvalue weighted by molar-refractivity contribution is 0.0600. The molecule has 0 saturated heterocycles. The fourth-order valence-electron chi connectivity index (χ4n) is 2.09. The molecule has 2 rings (SSSR count). The molecule has 0 saturated carbocycles. The first-order chi connectivity index (χ1) is 10.5. The van der Waals surface area contributed by atoms with Gasteiger partial charge in [-0.25, -0.2) is 4.79 Å². The maximum absolute atomic E-state index is 12.3. The van der Waals surface area contributed by atoms with Gasteiger partial charge in [0.1, 0.15) is 0 Å². The number of halogens is 1. The van der Waals surface area contributed by atoms with E-state index in [0.717, 1.165) is 5.56 Å². The van der Waals surface area contributed by atoms with Crippen molar-refractivity contribution in [1.29, 1.82) is 0 Å². The molecule has 0 aromatic heterocycles. The van der Waals surface area contributed by atoms with Crippen LogP contribution < -0.4 is 5.32 Å². The third-order valence-electron chi connectivity index (χ3n) is 3.27. The molecule has 0 aliphatic rings. The van der Waals surface area contributed by atoms with E-state index >= 15 is 0 Å². The lowest BCUT2D eigenvalue weighted by atomic mass is 10.1. The monoisotopic (exact) mass is 317 g/mol. The molecular weight excluding hydrogens is 302 g/mol. The van der Waals surface area contributed by atoms with E-state index in [1.165, 1.54) is 13.2 Å². The van der Waals surface area contributed by atoms with E-state index in [9.17, 15) is 9.59 Å². The van der Waals surface area contributed by atoms with Crippen LogP contribution in [0.4, 0.5) is 0 Å². The Bertz CT molecular complexity index is 700. The Labute approximate surface area is 134 Å². The van der Waals surface area contributed by atoms with Crippen LogP contribution in [0.2, 0.25) is 5.02 Å². The zero-order valence-corrected chi connectivity index (χ0v) is 13.1. The van der Waals surface area contributed by atoms with Crippen molar-refractivity contribution >= 4 is 23.5 Å². The molecule has 0 spiro atoms. The van der Waals surface area contributed by atoms with Crippen LogP contribution in [0.3, 0.4) is 0 Å². The second-order valence-corrected chi connectivity index (χ2v) is 5.20. The number of amides is 1. The number of benzene rings is 2. The van der Waals surface area contributed by atoms with E-state index in [1.807, 2.05) is 25.1 Å². The zero-order chi connectivity index (χ0) is 16.1. The summed E-state index contributed by atoms with van der Waals surface area (Å²) >= 11 is 6.12. The van der Waals surface area contributed by atoms with Gasteiger partial charge in [0.25, 0.3) is 5.91 Å². The predicted molar refractivity (Wildman–Crippen MR) is 85.1 cm³/mol. The maximum atomic E-state index is 12.3. The van der Waals surface area contributed by atoms with E-state index in [4.69, 9.17) is 11.6 Å². The van der Waals surface area contributed by atoms with Gasteiger partial charge in [0.2, 0.25) is 0 Å². The van der Waals surface area contributed by atoms with Crippen LogP contribution in [0.1, 0.15) is 39.2 Å². The van der Waals surface area contributed by atoms with Crippen molar-refractivity contribution in [2.45, 2.75) is 13.0 Å². The van der Waals surface area contributed by atoms with Crippen molar-refractivity contribution in [2.75, 3.05) is 7.11 Å². The van der Waals surface area contributed by atoms with Gasteiger partial charge >= 0.3 is 5.97 Å². The highest BCUT2D eigenvalue weighted by atomic mass is 35.5. The summed E-state index contributed by atoms with van der Waals surface area (Å²) in [5.74, 6) is -0.757. The number of hydrogen-bond acceptors (Lipinski definition) is 3. The highest BCUT2D eigenvalue weighted by Gasteiger charge is 2.15. The number of nitrogens with one attached hydrogen (secondary N) is 1. The molecule has 5 heteroatoms. The zero-order valence-electron chi connectivity index (χ0n) is 12.3. The van der Waals surface area contributed by atoms with Crippen molar-refractivity contribution in [1.82, 2.24) is 5.32 Å². The highest BCUT2D eigenvalue weighted by molar-refractivity contribution is 6.31. The van der Waals surface area contributed by atoms with Gasteiger partial charge in [-0.3, -0.25) is 4.79 Å². The normalized spacial score (nSPS) is 11.6. The van der Waals surface area contributed by atoms with Crippen LogP contribution in [0, 0.1) is 0 Å². The number of esters is 1. The molecular formula is C17H16ClNO3. The van der Waals surface area contributed by atoms with Gasteiger partial charge in [0.15, 0.2) is 0 Å². The van der Waals surface area contributed by atoms with Crippen molar-refractivity contribution < 1.29 is 14.3 Å². The summed E-state index contributed by atoms with van der Waals surface area (Å²) in [6.07, 6.45) is 0. The number of rotatable bonds is 4. The van der Waals surface area contributed by atoms with Crippen molar-refractivity contribution in [3.63, 3.8) is 0 Å². The number of carbonyl (C=O) groups is 2. The van der Waals surface area contributed by atoms with Gasteiger partial charge in [0.05, 0.1) is 18.7 Å². The summed E-state index contributed by atoms with van der Waals surface area (Å²) in [6.45, 7) is 1.85. The molecule has 1 amide bonds. The molecule has 2 aromatic rings. The van der Waals surface area contributed by atoms with E-state index in [0.29, 0.717) is 16.1 Å². The van der Waals surface area contributed by atoms with Gasteiger partial charge in [0, 0.05) is 10.6 Å². The molecule has 0 bridgehead atoms. The second-order valence-electron chi connectivity index (χ2n) is 4.79. The molecule has 2 aromatic carbocycles. The Morgan fingerprint density at radius 3 is 2.45 bits per heavy atom. The lowest BCUT2D eigenvalue weighted by Crippen LogP contribution is -2.27. The maximum Gasteiger partial charge on any atom is 0.337 e. The van der Waals surface area contributed by atoms with Crippen LogP contribution in [0.25, 0.3) is 0 Å². The van der Waals surface area contributed by atoms with E-state index < -0.39 is 5.97 Å². The Balaban J connectivity index is 2.16. The number of methoxy groups -OCH3 is 1. The molecule has 0 aliphatic carbocycles. The Morgan fingerprint density at radius 1 is 1.09 bits per heavy atom. The fourth-order valence-corrected chi connectivity index (χ4v) is 2.39. The van der Waals surface area contributed by atoms with Crippen LogP contribution in [-0.2, 0) is 4.74 Å². The topological polar surface area (TPSA) is 55.4 Å². The molecule has 0 aliphatic heterocycles. The highest BCUT2D eigenvalue weighted by Crippen LogP contribution is 2.22. The molecule has 22 heavy (non-hydrogen) atoms. The lowest BCUT2D eigenvalue weighted by Gasteiger charge is -2.16. The quantitative estimate of drug-likeness (QED) is 0.876. The molecule has 0 heterocycles. The minimum Gasteiger partial charge on any atom is -0.465 e. The van der Waals surface area contributed by atoms with E-state index in [2.05, 4.69) is 10.1 Å². The van der Waals surface area contributed by atoms with Gasteiger partial charge in [-0.05, 0) is 36.8 Å². The molecule has 1 atom stereocenters. The number of carbonyl (C=O) groups excluding carboxylic acids is 2. The largest absolute Gasteiger partial charge is 0.465 e. The summed E-state index contributed by atoms with van der Waals surface area (Å²) < 4.78 is 4.65. The summed E-state index contributed by atoms with van der Waals surface area (Å²) in [5, 5.41) is 3.46. The first kappa shape index (κ1) is 16.0. The SMILES string of the molecule is COC(=O)c1cccc(C(=O)NC(C)c2ccccc2Cl)c1. The van der Waals surface area contributed by atoms with Crippen molar-refractivity contribution in [2.24, 2.45) is 0 Å². The summed E-state index contributed by atoms with van der Waals surface area (Å²) in [5.41, 5.74) is 1.56. The van der Waals surface area contributed by atoms with Crippen molar-refractivity contribution in [3.8, 4) is 0 Å². The Kier molecular flexibility index (Phi) is 5.17. The van der Waals surface area contributed by atoms with Gasteiger partial charge in [-0.2, -0.15) is 0 Å². The predicted octanol–water partition coefficient (Wildman–Crippen LogP) is 3.62. The smallest absolute Gasteiger partial charge is 0.337 e. The third-order valence-corrected chi connectivity index (χ3v) is 3.61. The second kappa shape index (κ2) is 7.09. The average molecular weight is 318 g/mol. The van der Waals surface area contributed by atoms with Gasteiger partial charge in [-0.1, -0.05) is 35.9 Å². The van der Waals surface area contributed by atoms with Gasteiger partial charge in [-0.15, -0.1) is 0 Å². The Morgan fingerprint density at radius 2 is 1.77 bits per heavy atom. The number of hydrogen-bond donors (Lipinski definition) is 1. The molecule has 114 valence electrons. The molecule has 0 radical (unpaired) electrons. The van der Waals surface area contributed by atoms with E-state index in [-0.39, 0.29) is 11.9 Å². The van der Waals surface area contributed by atoms with Crippen LogP contribution >= 0.6 is 11.6 Å². The summed E-state index contributed by atoms with van der Waals surface area (Å²) in [4.78, 5) is 23.8. The molecule has 1 N–H and O–H groups in total. The molecule has 1 unspecified atom stereocenters. The molecule has 0 fully saturated rings. The number of ether oxygens (including phenoxy) is 1. The van der Waals surface area contributed by atoms with Crippen LogP contribution in [0.5, 0.6) is 0 Å². The van der Waals surface area contributed by atoms with Crippen LogP contribution in [0.15, 0.2) is 48.5 Å². The minimum atomic E-state index is -0.478. The first-order valence-electron chi connectivity index (χ1n) is 6.76. The van der Waals surface area contributed by atoms with Gasteiger partial charge < -0.3 is 10.1 Å². The molecule has 4 nitrogen and oxygen atoms in total. The average Bonchev–Trinajstić information content (AvgIpc) is 2.54. The first-order valence-corrected chi connectivity index (χ1v) is 7.14. The standard InChI is InChI=1S/C17H16ClNO3/c1-11(14-8-3-4-9-15(14)18)19-16(20)12-6-5-7-13(10-12)17(21)22-2/h3-11H,1-2H3,(H,19,20).